The predicted molar refractivity (Wildman–Crippen MR) is 101 cm³/mol. The van der Waals surface area contributed by atoms with Gasteiger partial charge in [-0.25, -0.2) is 4.98 Å². The lowest BCUT2D eigenvalue weighted by molar-refractivity contribution is -0.119. The second-order valence-corrected chi connectivity index (χ2v) is 6.79. The van der Waals surface area contributed by atoms with Crippen LogP contribution in [0.4, 0.5) is 5.13 Å². The van der Waals surface area contributed by atoms with Crippen molar-refractivity contribution in [1.29, 1.82) is 0 Å². The lowest BCUT2D eigenvalue weighted by Gasteiger charge is -2.24. The third kappa shape index (κ3) is 3.82. The fourth-order valence-corrected chi connectivity index (χ4v) is 3.66. The Morgan fingerprint density at radius 2 is 1.89 bits per heavy atom. The molecular weight excluding hydrogens is 370 g/mol. The van der Waals surface area contributed by atoms with E-state index >= 15 is 0 Å². The molecule has 1 saturated heterocycles. The van der Waals surface area contributed by atoms with Crippen LogP contribution in [0.15, 0.2) is 23.7 Å². The van der Waals surface area contributed by atoms with Gasteiger partial charge >= 0.3 is 0 Å². The smallest absolute Gasteiger partial charge is 0.254 e. The van der Waals surface area contributed by atoms with Gasteiger partial charge in [-0.2, -0.15) is 0 Å². The summed E-state index contributed by atoms with van der Waals surface area (Å²) < 4.78 is 15.9. The highest BCUT2D eigenvalue weighted by atomic mass is 32.1. The monoisotopic (exact) mass is 391 g/mol. The number of likely N-dealkylation sites (tertiary alicyclic amines) is 1. The fourth-order valence-electron chi connectivity index (χ4n) is 3.13. The largest absolute Gasteiger partial charge is 0.493 e. The molecular formula is C18H21N3O5S. The summed E-state index contributed by atoms with van der Waals surface area (Å²) in [6.07, 6.45) is 2.98. The van der Waals surface area contributed by atoms with Crippen LogP contribution in [0.1, 0.15) is 23.2 Å². The molecule has 1 aliphatic rings. The van der Waals surface area contributed by atoms with Gasteiger partial charge in [-0.05, 0) is 25.0 Å². The van der Waals surface area contributed by atoms with E-state index in [4.69, 9.17) is 14.2 Å². The van der Waals surface area contributed by atoms with Crippen molar-refractivity contribution < 1.29 is 23.8 Å². The molecule has 0 saturated carbocycles. The number of carbonyl (C=O) groups is 2. The molecule has 1 unspecified atom stereocenters. The van der Waals surface area contributed by atoms with E-state index in [9.17, 15) is 9.59 Å². The van der Waals surface area contributed by atoms with E-state index in [1.807, 2.05) is 0 Å². The van der Waals surface area contributed by atoms with Crippen LogP contribution in [0.25, 0.3) is 0 Å². The third-order valence-corrected chi connectivity index (χ3v) is 5.08. The normalized spacial score (nSPS) is 16.1. The molecule has 2 heterocycles. The van der Waals surface area contributed by atoms with Crippen LogP contribution in [-0.2, 0) is 4.79 Å². The van der Waals surface area contributed by atoms with Gasteiger partial charge in [0, 0.05) is 23.7 Å². The number of nitrogens with one attached hydrogen (secondary N) is 1. The molecule has 2 amide bonds. The van der Waals surface area contributed by atoms with Crippen molar-refractivity contribution in [3.63, 3.8) is 0 Å². The minimum Gasteiger partial charge on any atom is -0.493 e. The van der Waals surface area contributed by atoms with Gasteiger partial charge in [-0.3, -0.25) is 9.59 Å². The molecule has 2 aromatic rings. The molecule has 27 heavy (non-hydrogen) atoms. The van der Waals surface area contributed by atoms with Crippen LogP contribution in [0, 0.1) is 0 Å². The van der Waals surface area contributed by atoms with Crippen LogP contribution in [0.5, 0.6) is 17.2 Å². The highest BCUT2D eigenvalue weighted by molar-refractivity contribution is 7.13. The minimum atomic E-state index is -0.541. The van der Waals surface area contributed by atoms with Gasteiger partial charge < -0.3 is 24.4 Å². The Hall–Kier alpha value is -2.81. The Kier molecular flexibility index (Phi) is 5.80. The van der Waals surface area contributed by atoms with Gasteiger partial charge in [0.25, 0.3) is 5.91 Å². The van der Waals surface area contributed by atoms with E-state index in [1.54, 1.807) is 28.6 Å². The molecule has 3 rings (SSSR count). The molecule has 1 N–H and O–H groups in total. The van der Waals surface area contributed by atoms with Gasteiger partial charge in [0.15, 0.2) is 16.6 Å². The van der Waals surface area contributed by atoms with Crippen molar-refractivity contribution in [1.82, 2.24) is 9.88 Å². The first-order chi connectivity index (χ1) is 13.1. The Morgan fingerprint density at radius 1 is 1.19 bits per heavy atom. The Morgan fingerprint density at radius 3 is 2.44 bits per heavy atom. The van der Waals surface area contributed by atoms with Crippen LogP contribution in [0.2, 0.25) is 0 Å². The van der Waals surface area contributed by atoms with E-state index in [-0.39, 0.29) is 11.8 Å². The highest BCUT2D eigenvalue weighted by Gasteiger charge is 2.35. The van der Waals surface area contributed by atoms with Gasteiger partial charge in [-0.1, -0.05) is 0 Å². The lowest BCUT2D eigenvalue weighted by atomic mass is 10.1. The van der Waals surface area contributed by atoms with E-state index in [0.29, 0.717) is 40.9 Å². The molecule has 1 fully saturated rings. The lowest BCUT2D eigenvalue weighted by Crippen LogP contribution is -2.43. The van der Waals surface area contributed by atoms with Crippen molar-refractivity contribution in [2.45, 2.75) is 18.9 Å². The van der Waals surface area contributed by atoms with Crippen molar-refractivity contribution in [2.24, 2.45) is 0 Å². The van der Waals surface area contributed by atoms with Crippen LogP contribution < -0.4 is 19.5 Å². The molecule has 1 aliphatic heterocycles. The van der Waals surface area contributed by atoms with Crippen molar-refractivity contribution in [3.05, 3.63) is 29.3 Å². The van der Waals surface area contributed by atoms with Gasteiger partial charge in [0.1, 0.15) is 6.04 Å². The number of benzene rings is 1. The highest BCUT2D eigenvalue weighted by Crippen LogP contribution is 2.39. The standard InChI is InChI=1S/C18H21N3O5S/c1-24-13-9-11(10-14(25-2)15(13)26-3)17(23)21-7-4-5-12(21)16(22)20-18-19-6-8-27-18/h6,8-10,12H,4-5,7H2,1-3H3,(H,19,20,22). The van der Waals surface area contributed by atoms with Crippen molar-refractivity contribution >= 4 is 28.3 Å². The van der Waals surface area contributed by atoms with Crippen molar-refractivity contribution in [3.8, 4) is 17.2 Å². The molecule has 9 heteroatoms. The molecule has 0 bridgehead atoms. The molecule has 1 atom stereocenters. The summed E-state index contributed by atoms with van der Waals surface area (Å²) in [6, 6.07) is 2.65. The zero-order valence-electron chi connectivity index (χ0n) is 15.4. The van der Waals surface area contributed by atoms with Crippen molar-refractivity contribution in [2.75, 3.05) is 33.2 Å². The Balaban J connectivity index is 1.84. The number of thiazole rings is 1. The number of rotatable bonds is 6. The second-order valence-electron chi connectivity index (χ2n) is 5.90. The number of ether oxygens (including phenoxy) is 3. The summed E-state index contributed by atoms with van der Waals surface area (Å²) in [5.41, 5.74) is 0.374. The average Bonchev–Trinajstić information content (AvgIpc) is 3.37. The summed E-state index contributed by atoms with van der Waals surface area (Å²) in [4.78, 5) is 31.3. The first kappa shape index (κ1) is 19.0. The van der Waals surface area contributed by atoms with E-state index in [0.717, 1.165) is 6.42 Å². The first-order valence-electron chi connectivity index (χ1n) is 8.40. The SMILES string of the molecule is COc1cc(C(=O)N2CCCC2C(=O)Nc2nccs2)cc(OC)c1OC. The average molecular weight is 391 g/mol. The number of hydrogen-bond acceptors (Lipinski definition) is 7. The summed E-state index contributed by atoms with van der Waals surface area (Å²) in [5.74, 6) is 0.705. The molecule has 1 aromatic heterocycles. The zero-order valence-corrected chi connectivity index (χ0v) is 16.2. The summed E-state index contributed by atoms with van der Waals surface area (Å²) in [6.45, 7) is 0.505. The van der Waals surface area contributed by atoms with E-state index in [1.165, 1.54) is 32.7 Å². The Bertz CT molecular complexity index is 799. The second kappa shape index (κ2) is 8.26. The molecule has 1 aromatic carbocycles. The van der Waals surface area contributed by atoms with E-state index in [2.05, 4.69) is 10.3 Å². The maximum Gasteiger partial charge on any atom is 0.254 e. The van der Waals surface area contributed by atoms with Gasteiger partial charge in [-0.15, -0.1) is 11.3 Å². The van der Waals surface area contributed by atoms with Gasteiger partial charge in [0.2, 0.25) is 11.7 Å². The zero-order chi connectivity index (χ0) is 19.4. The van der Waals surface area contributed by atoms with E-state index < -0.39 is 6.04 Å². The number of hydrogen-bond donors (Lipinski definition) is 1. The van der Waals surface area contributed by atoms with Crippen LogP contribution >= 0.6 is 11.3 Å². The number of nitrogens with zero attached hydrogens (tertiary/aromatic N) is 2. The number of methoxy groups -OCH3 is 3. The minimum absolute atomic E-state index is 0.233. The number of amides is 2. The maximum absolute atomic E-state index is 13.1. The van der Waals surface area contributed by atoms with Gasteiger partial charge in [0.05, 0.1) is 21.3 Å². The molecule has 0 radical (unpaired) electrons. The summed E-state index contributed by atoms with van der Waals surface area (Å²) in [5, 5.41) is 5.07. The Labute approximate surface area is 161 Å². The summed E-state index contributed by atoms with van der Waals surface area (Å²) >= 11 is 1.34. The number of anilines is 1. The molecule has 0 spiro atoms. The summed E-state index contributed by atoms with van der Waals surface area (Å²) in [7, 11) is 4.48. The number of carbonyl (C=O) groups excluding carboxylic acids is 2. The quantitative estimate of drug-likeness (QED) is 0.813. The topological polar surface area (TPSA) is 90.0 Å². The van der Waals surface area contributed by atoms with Crippen LogP contribution in [-0.4, -0.2) is 55.6 Å². The maximum atomic E-state index is 13.1. The molecule has 8 nitrogen and oxygen atoms in total. The fraction of sp³-hybridized carbons (Fsp3) is 0.389. The predicted octanol–water partition coefficient (Wildman–Crippen LogP) is 2.41. The third-order valence-electron chi connectivity index (χ3n) is 4.39. The molecule has 0 aliphatic carbocycles. The first-order valence-corrected chi connectivity index (χ1v) is 9.28. The number of aromatic nitrogens is 1. The molecule has 144 valence electrons. The van der Waals surface area contributed by atoms with Crippen LogP contribution in [0.3, 0.4) is 0 Å².